The van der Waals surface area contributed by atoms with Gasteiger partial charge in [-0.2, -0.15) is 5.26 Å². The number of halogens is 1. The minimum Gasteiger partial charge on any atom is -0.354 e. The van der Waals surface area contributed by atoms with E-state index in [1.807, 2.05) is 24.4 Å². The standard InChI is InChI=1S/C16H16BrN5/c17-14-2-3-15(19-11-14)12-21-5-7-22(8-6-21)16-4-1-13(9-18)10-20-16/h1-4,10-11H,5-8,12H2. The molecule has 22 heavy (non-hydrogen) atoms. The van der Waals surface area contributed by atoms with Gasteiger partial charge >= 0.3 is 0 Å². The molecule has 1 saturated heterocycles. The Hall–Kier alpha value is -1.97. The van der Waals surface area contributed by atoms with Crippen molar-refractivity contribution >= 4 is 21.7 Å². The molecule has 1 fully saturated rings. The lowest BCUT2D eigenvalue weighted by molar-refractivity contribution is 0.246. The van der Waals surface area contributed by atoms with Crippen molar-refractivity contribution in [3.63, 3.8) is 0 Å². The van der Waals surface area contributed by atoms with Crippen LogP contribution in [0.3, 0.4) is 0 Å². The van der Waals surface area contributed by atoms with Crippen LogP contribution < -0.4 is 4.90 Å². The highest BCUT2D eigenvalue weighted by Gasteiger charge is 2.18. The number of anilines is 1. The van der Waals surface area contributed by atoms with E-state index in [2.05, 4.69) is 47.8 Å². The van der Waals surface area contributed by atoms with E-state index in [4.69, 9.17) is 5.26 Å². The fourth-order valence-electron chi connectivity index (χ4n) is 2.50. The first-order chi connectivity index (χ1) is 10.7. The zero-order chi connectivity index (χ0) is 15.4. The van der Waals surface area contributed by atoms with Gasteiger partial charge in [0.25, 0.3) is 0 Å². The lowest BCUT2D eigenvalue weighted by Crippen LogP contribution is -2.46. The van der Waals surface area contributed by atoms with Crippen molar-refractivity contribution in [3.8, 4) is 6.07 Å². The minimum atomic E-state index is 0.601. The van der Waals surface area contributed by atoms with Crippen LogP contribution in [0.4, 0.5) is 5.82 Å². The maximum atomic E-state index is 8.81. The quantitative estimate of drug-likeness (QED) is 0.844. The summed E-state index contributed by atoms with van der Waals surface area (Å²) in [6.07, 6.45) is 3.47. The number of pyridine rings is 2. The zero-order valence-electron chi connectivity index (χ0n) is 12.1. The van der Waals surface area contributed by atoms with Gasteiger partial charge in [0.15, 0.2) is 0 Å². The Kier molecular flexibility index (Phi) is 4.66. The molecule has 0 radical (unpaired) electrons. The maximum Gasteiger partial charge on any atom is 0.128 e. The highest BCUT2D eigenvalue weighted by Crippen LogP contribution is 2.15. The molecule has 0 atom stereocenters. The Morgan fingerprint density at radius 3 is 2.45 bits per heavy atom. The van der Waals surface area contributed by atoms with Gasteiger partial charge in [-0.3, -0.25) is 9.88 Å². The van der Waals surface area contributed by atoms with Crippen molar-refractivity contribution in [1.29, 1.82) is 5.26 Å². The molecule has 0 saturated carbocycles. The molecule has 0 N–H and O–H groups in total. The minimum absolute atomic E-state index is 0.601. The molecule has 0 aromatic carbocycles. The van der Waals surface area contributed by atoms with Crippen LogP contribution in [0.1, 0.15) is 11.3 Å². The molecule has 0 spiro atoms. The van der Waals surface area contributed by atoms with Crippen LogP contribution in [0.5, 0.6) is 0 Å². The number of nitriles is 1. The smallest absolute Gasteiger partial charge is 0.128 e. The number of aromatic nitrogens is 2. The first-order valence-corrected chi connectivity index (χ1v) is 7.98. The number of hydrogen-bond acceptors (Lipinski definition) is 5. The predicted octanol–water partition coefficient (Wildman–Crippen LogP) is 2.43. The first kappa shape index (κ1) is 14.9. The predicted molar refractivity (Wildman–Crippen MR) is 88.4 cm³/mol. The maximum absolute atomic E-state index is 8.81. The molecule has 3 heterocycles. The van der Waals surface area contributed by atoms with Crippen LogP contribution in [-0.2, 0) is 6.54 Å². The molecule has 0 bridgehead atoms. The molecule has 112 valence electrons. The van der Waals surface area contributed by atoms with Gasteiger partial charge in [0.05, 0.1) is 11.3 Å². The molecule has 2 aromatic rings. The van der Waals surface area contributed by atoms with E-state index in [1.54, 1.807) is 6.20 Å². The van der Waals surface area contributed by atoms with Crippen LogP contribution in [-0.4, -0.2) is 41.0 Å². The van der Waals surface area contributed by atoms with Crippen molar-refractivity contribution in [2.24, 2.45) is 0 Å². The van der Waals surface area contributed by atoms with Crippen LogP contribution in [0.2, 0.25) is 0 Å². The van der Waals surface area contributed by atoms with Gasteiger partial charge in [-0.15, -0.1) is 0 Å². The summed E-state index contributed by atoms with van der Waals surface area (Å²) < 4.78 is 1.01. The summed E-state index contributed by atoms with van der Waals surface area (Å²) in [5.41, 5.74) is 1.69. The van der Waals surface area contributed by atoms with E-state index in [1.165, 1.54) is 0 Å². The molecule has 1 aliphatic heterocycles. The Bertz CT molecular complexity index is 654. The Balaban J connectivity index is 1.55. The van der Waals surface area contributed by atoms with Gasteiger partial charge in [0, 0.05) is 49.6 Å². The van der Waals surface area contributed by atoms with Crippen molar-refractivity contribution in [3.05, 3.63) is 52.4 Å². The molecule has 2 aromatic heterocycles. The van der Waals surface area contributed by atoms with E-state index in [0.29, 0.717) is 5.56 Å². The van der Waals surface area contributed by atoms with Crippen LogP contribution in [0.15, 0.2) is 41.1 Å². The van der Waals surface area contributed by atoms with Crippen LogP contribution in [0.25, 0.3) is 0 Å². The topological polar surface area (TPSA) is 56.1 Å². The van der Waals surface area contributed by atoms with E-state index in [-0.39, 0.29) is 0 Å². The summed E-state index contributed by atoms with van der Waals surface area (Å²) in [4.78, 5) is 13.4. The molecule has 1 aliphatic rings. The molecular weight excluding hydrogens is 342 g/mol. The Morgan fingerprint density at radius 1 is 1.05 bits per heavy atom. The number of hydrogen-bond donors (Lipinski definition) is 0. The molecule has 3 rings (SSSR count). The zero-order valence-corrected chi connectivity index (χ0v) is 13.7. The van der Waals surface area contributed by atoms with Crippen molar-refractivity contribution < 1.29 is 0 Å². The van der Waals surface area contributed by atoms with Crippen molar-refractivity contribution in [2.45, 2.75) is 6.54 Å². The van der Waals surface area contributed by atoms with E-state index >= 15 is 0 Å². The van der Waals surface area contributed by atoms with E-state index < -0.39 is 0 Å². The van der Waals surface area contributed by atoms with E-state index in [0.717, 1.165) is 48.7 Å². The average Bonchev–Trinajstić information content (AvgIpc) is 2.58. The number of rotatable bonds is 3. The van der Waals surface area contributed by atoms with Gasteiger partial charge in [0.1, 0.15) is 11.9 Å². The third kappa shape index (κ3) is 3.62. The number of nitrogens with zero attached hydrogens (tertiary/aromatic N) is 5. The normalized spacial score (nSPS) is 15.5. The monoisotopic (exact) mass is 357 g/mol. The van der Waals surface area contributed by atoms with Gasteiger partial charge in [0.2, 0.25) is 0 Å². The lowest BCUT2D eigenvalue weighted by atomic mass is 10.2. The Labute approximate surface area is 138 Å². The van der Waals surface area contributed by atoms with Crippen LogP contribution in [0, 0.1) is 11.3 Å². The summed E-state index contributed by atoms with van der Waals surface area (Å²) in [5, 5.41) is 8.81. The molecule has 0 amide bonds. The van der Waals surface area contributed by atoms with Gasteiger partial charge in [-0.1, -0.05) is 0 Å². The van der Waals surface area contributed by atoms with Gasteiger partial charge < -0.3 is 4.90 Å². The number of piperazine rings is 1. The fourth-order valence-corrected chi connectivity index (χ4v) is 2.74. The summed E-state index contributed by atoms with van der Waals surface area (Å²) in [7, 11) is 0. The van der Waals surface area contributed by atoms with E-state index in [9.17, 15) is 0 Å². The lowest BCUT2D eigenvalue weighted by Gasteiger charge is -2.35. The summed E-state index contributed by atoms with van der Waals surface area (Å²) >= 11 is 3.40. The summed E-state index contributed by atoms with van der Waals surface area (Å²) in [6.45, 7) is 4.73. The summed E-state index contributed by atoms with van der Waals surface area (Å²) in [6, 6.07) is 9.92. The van der Waals surface area contributed by atoms with Gasteiger partial charge in [-0.05, 0) is 40.2 Å². The van der Waals surface area contributed by atoms with Crippen LogP contribution >= 0.6 is 15.9 Å². The first-order valence-electron chi connectivity index (χ1n) is 7.18. The SMILES string of the molecule is N#Cc1ccc(N2CCN(Cc3ccc(Br)cn3)CC2)nc1. The highest BCUT2D eigenvalue weighted by molar-refractivity contribution is 9.10. The highest BCUT2D eigenvalue weighted by atomic mass is 79.9. The largest absolute Gasteiger partial charge is 0.354 e. The van der Waals surface area contributed by atoms with Crippen molar-refractivity contribution in [1.82, 2.24) is 14.9 Å². The second-order valence-electron chi connectivity index (χ2n) is 5.25. The molecular formula is C16H16BrN5. The fraction of sp³-hybridized carbons (Fsp3) is 0.312. The Morgan fingerprint density at radius 2 is 1.86 bits per heavy atom. The third-order valence-electron chi connectivity index (χ3n) is 3.75. The molecule has 5 nitrogen and oxygen atoms in total. The molecule has 0 aliphatic carbocycles. The summed E-state index contributed by atoms with van der Waals surface area (Å²) in [5.74, 6) is 0.945. The molecule has 6 heteroatoms. The van der Waals surface area contributed by atoms with Gasteiger partial charge in [-0.25, -0.2) is 4.98 Å². The second-order valence-corrected chi connectivity index (χ2v) is 6.16. The average molecular weight is 358 g/mol. The molecule has 0 unspecified atom stereocenters. The third-order valence-corrected chi connectivity index (χ3v) is 4.22. The van der Waals surface area contributed by atoms with Crippen molar-refractivity contribution in [2.75, 3.05) is 31.1 Å². The second kappa shape index (κ2) is 6.86.